The van der Waals surface area contributed by atoms with Crippen molar-refractivity contribution in [3.8, 4) is 5.82 Å². The molecule has 0 spiro atoms. The molecule has 0 aliphatic carbocycles. The Morgan fingerprint density at radius 3 is 2.27 bits per heavy atom. The number of rotatable bonds is 5. The van der Waals surface area contributed by atoms with Crippen molar-refractivity contribution in [3.63, 3.8) is 0 Å². The quantitative estimate of drug-likeness (QED) is 0.192. The van der Waals surface area contributed by atoms with E-state index in [9.17, 15) is 0 Å². The zero-order valence-electron chi connectivity index (χ0n) is 25.4. The van der Waals surface area contributed by atoms with Crippen molar-refractivity contribution in [2.45, 2.75) is 26.2 Å². The molecule has 0 atom stereocenters. The molecule has 216 valence electrons. The summed E-state index contributed by atoms with van der Waals surface area (Å²) in [5, 5.41) is 2.35. The van der Waals surface area contributed by atoms with Gasteiger partial charge in [0.1, 0.15) is 5.82 Å². The maximum atomic E-state index is 7.90. The fraction of sp³-hybridized carbons (Fsp3) is 0.158. The van der Waals surface area contributed by atoms with Crippen LogP contribution in [-0.4, -0.2) is 28.2 Å². The summed E-state index contributed by atoms with van der Waals surface area (Å²) < 4.78 is 2.28. The van der Waals surface area contributed by atoms with Crippen molar-refractivity contribution in [1.82, 2.24) is 14.5 Å². The monoisotopic (exact) mass is 574 g/mol. The first kappa shape index (κ1) is 27.3. The summed E-state index contributed by atoms with van der Waals surface area (Å²) in [5.74, 6) is 0.897. The number of fused-ring (bicyclic) bond motifs is 3. The molecule has 0 bridgehead atoms. The first-order chi connectivity index (χ1) is 21.3. The summed E-state index contributed by atoms with van der Waals surface area (Å²) in [6.07, 6.45) is 6.02. The summed E-state index contributed by atoms with van der Waals surface area (Å²) in [4.78, 5) is 15.3. The highest BCUT2D eigenvalue weighted by atomic mass is 15.3. The van der Waals surface area contributed by atoms with Crippen LogP contribution in [-0.2, 0) is 5.41 Å². The van der Waals surface area contributed by atoms with Gasteiger partial charge in [0.2, 0.25) is 0 Å². The summed E-state index contributed by atoms with van der Waals surface area (Å²) in [5.41, 5.74) is 7.95. The van der Waals surface area contributed by atoms with Crippen LogP contribution in [0.5, 0.6) is 0 Å². The second kappa shape index (κ2) is 10.6. The van der Waals surface area contributed by atoms with Gasteiger partial charge in [0, 0.05) is 59.2 Å². The first-order valence-electron chi connectivity index (χ1n) is 14.8. The van der Waals surface area contributed by atoms with E-state index < -0.39 is 0 Å². The number of hydrogen-bond acceptors (Lipinski definition) is 4. The molecule has 4 aromatic carbocycles. The van der Waals surface area contributed by atoms with E-state index in [1.165, 1.54) is 16.3 Å². The van der Waals surface area contributed by atoms with Gasteiger partial charge in [-0.2, -0.15) is 0 Å². The summed E-state index contributed by atoms with van der Waals surface area (Å²) in [6, 6.07) is 35.9. The van der Waals surface area contributed by atoms with Crippen molar-refractivity contribution in [2.24, 2.45) is 0 Å². The van der Waals surface area contributed by atoms with E-state index in [4.69, 9.17) is 11.6 Å². The zero-order chi connectivity index (χ0) is 30.4. The predicted octanol–water partition coefficient (Wildman–Crippen LogP) is 9.68. The lowest BCUT2D eigenvalue weighted by Crippen LogP contribution is -2.21. The molecule has 0 amide bonds. The van der Waals surface area contributed by atoms with Crippen LogP contribution in [0.15, 0.2) is 122 Å². The van der Waals surface area contributed by atoms with E-state index in [0.717, 1.165) is 46.3 Å². The molecule has 1 aliphatic heterocycles. The molecule has 44 heavy (non-hydrogen) atoms. The van der Waals surface area contributed by atoms with Crippen molar-refractivity contribution in [3.05, 3.63) is 139 Å². The van der Waals surface area contributed by atoms with Crippen LogP contribution < -0.4 is 9.80 Å². The lowest BCUT2D eigenvalue weighted by molar-refractivity contribution is 0.496. The minimum Gasteiger partial charge on any atom is -0.361 e. The molecule has 0 saturated heterocycles. The maximum absolute atomic E-state index is 7.90. The number of hydrogen-bond donors (Lipinski definition) is 0. The zero-order valence-corrected chi connectivity index (χ0v) is 25.4. The minimum atomic E-state index is -0.00329. The number of nitrogens with zero attached hydrogens (tertiary/aromatic N) is 6. The standard InChI is InChI=1S/C38H34N6/c1-38(2,3)27-17-18-40-37(21-27)44-35-14-10-9-13-33(35)34-16-15-30(25-36(34)44)43(29-11-7-6-8-12-29)32-23-28(39-4)22-31(24-32)42-20-19-41(5)26-42/h6-25H,26H2,1-3,5H3. The normalized spacial score (nSPS) is 13.2. The van der Waals surface area contributed by atoms with Gasteiger partial charge in [-0.1, -0.05) is 63.2 Å². The molecule has 0 N–H and O–H groups in total. The minimum absolute atomic E-state index is 0.00329. The van der Waals surface area contributed by atoms with Crippen molar-refractivity contribution >= 4 is 50.2 Å². The van der Waals surface area contributed by atoms with Crippen molar-refractivity contribution in [2.75, 3.05) is 23.5 Å². The Kier molecular flexibility index (Phi) is 6.59. The first-order valence-corrected chi connectivity index (χ1v) is 14.8. The smallest absolute Gasteiger partial charge is 0.191 e. The van der Waals surface area contributed by atoms with Gasteiger partial charge in [0.05, 0.1) is 24.3 Å². The Morgan fingerprint density at radius 2 is 1.52 bits per heavy atom. The molecule has 3 heterocycles. The third-order valence-corrected chi connectivity index (χ3v) is 8.25. The molecule has 6 aromatic rings. The van der Waals surface area contributed by atoms with E-state index in [1.54, 1.807) is 0 Å². The van der Waals surface area contributed by atoms with Gasteiger partial charge in [-0.05, 0) is 71.6 Å². The number of aromatic nitrogens is 2. The van der Waals surface area contributed by atoms with E-state index >= 15 is 0 Å². The second-order valence-corrected chi connectivity index (χ2v) is 12.4. The summed E-state index contributed by atoms with van der Waals surface area (Å²) in [6.45, 7) is 15.3. The second-order valence-electron chi connectivity index (χ2n) is 12.4. The Labute approximate surface area is 258 Å². The molecule has 6 heteroatoms. The van der Waals surface area contributed by atoms with Gasteiger partial charge in [-0.3, -0.25) is 4.57 Å². The van der Waals surface area contributed by atoms with Gasteiger partial charge in [0.15, 0.2) is 5.69 Å². The predicted molar refractivity (Wildman–Crippen MR) is 182 cm³/mol. The molecule has 0 unspecified atom stereocenters. The molecule has 2 aromatic heterocycles. The molecule has 7 rings (SSSR count). The fourth-order valence-electron chi connectivity index (χ4n) is 6.01. The third-order valence-electron chi connectivity index (χ3n) is 8.25. The average molecular weight is 575 g/mol. The number of benzene rings is 4. The highest BCUT2D eigenvalue weighted by Crippen LogP contribution is 2.42. The molecular weight excluding hydrogens is 540 g/mol. The average Bonchev–Trinajstić information content (AvgIpc) is 3.62. The SMILES string of the molecule is [C-]#[N+]c1cc(N2C=CN(C)C2)cc(N(c2ccccc2)c2ccc3c4ccccc4n(-c4cc(C(C)(C)C)ccn4)c3c2)c1. The van der Waals surface area contributed by atoms with Crippen LogP contribution in [0.3, 0.4) is 0 Å². The van der Waals surface area contributed by atoms with E-state index in [1.807, 2.05) is 31.4 Å². The van der Waals surface area contributed by atoms with Crippen LogP contribution in [0.1, 0.15) is 26.3 Å². The molecular formula is C38H34N6. The fourth-order valence-corrected chi connectivity index (χ4v) is 6.01. The van der Waals surface area contributed by atoms with Gasteiger partial charge in [-0.15, -0.1) is 0 Å². The van der Waals surface area contributed by atoms with Gasteiger partial charge >= 0.3 is 0 Å². The number of pyridine rings is 1. The van der Waals surface area contributed by atoms with Gasteiger partial charge < -0.3 is 14.7 Å². The molecule has 6 nitrogen and oxygen atoms in total. The Bertz CT molecular complexity index is 2080. The van der Waals surface area contributed by atoms with E-state index in [0.29, 0.717) is 5.69 Å². The summed E-state index contributed by atoms with van der Waals surface area (Å²) >= 11 is 0. The van der Waals surface area contributed by atoms with E-state index in [2.05, 4.69) is 142 Å². The third kappa shape index (κ3) is 4.83. The van der Waals surface area contributed by atoms with Gasteiger partial charge in [0.25, 0.3) is 0 Å². The van der Waals surface area contributed by atoms with E-state index in [-0.39, 0.29) is 5.41 Å². The Morgan fingerprint density at radius 1 is 0.750 bits per heavy atom. The number of para-hydroxylation sites is 2. The summed E-state index contributed by atoms with van der Waals surface area (Å²) in [7, 11) is 2.05. The lowest BCUT2D eigenvalue weighted by Gasteiger charge is -2.28. The van der Waals surface area contributed by atoms with Gasteiger partial charge in [-0.25, -0.2) is 9.83 Å². The molecule has 0 fully saturated rings. The molecule has 0 saturated carbocycles. The van der Waals surface area contributed by atoms with Crippen LogP contribution in [0.25, 0.3) is 32.5 Å². The topological polar surface area (TPSA) is 31.9 Å². The van der Waals surface area contributed by atoms with Crippen LogP contribution >= 0.6 is 0 Å². The maximum Gasteiger partial charge on any atom is 0.191 e. The lowest BCUT2D eigenvalue weighted by atomic mass is 9.88. The number of anilines is 4. The largest absolute Gasteiger partial charge is 0.361 e. The highest BCUT2D eigenvalue weighted by Gasteiger charge is 2.21. The van der Waals surface area contributed by atoms with Crippen molar-refractivity contribution in [1.29, 1.82) is 0 Å². The Balaban J connectivity index is 1.47. The molecule has 0 radical (unpaired) electrons. The van der Waals surface area contributed by atoms with Crippen LogP contribution in [0.2, 0.25) is 0 Å². The van der Waals surface area contributed by atoms with Crippen LogP contribution in [0, 0.1) is 6.57 Å². The van der Waals surface area contributed by atoms with Crippen LogP contribution in [0.4, 0.5) is 28.4 Å². The molecule has 1 aliphatic rings. The van der Waals surface area contributed by atoms with Crippen molar-refractivity contribution < 1.29 is 0 Å². The highest BCUT2D eigenvalue weighted by molar-refractivity contribution is 6.10. The Hall–Kier alpha value is -5.54.